The van der Waals surface area contributed by atoms with Crippen molar-refractivity contribution >= 4 is 5.97 Å². The van der Waals surface area contributed by atoms with Gasteiger partial charge in [-0.1, -0.05) is 163 Å². The van der Waals surface area contributed by atoms with Crippen LogP contribution in [-0.2, 0) is 76.7 Å². The number of hydrogen-bond donors (Lipinski definition) is 0. The van der Waals surface area contributed by atoms with Crippen LogP contribution >= 0.6 is 0 Å². The van der Waals surface area contributed by atoms with Crippen LogP contribution in [0.1, 0.15) is 150 Å². The van der Waals surface area contributed by atoms with Crippen molar-refractivity contribution in [3.8, 4) is 0 Å². The maximum absolute atomic E-state index is 16.0. The Morgan fingerprint density at radius 3 is 2.02 bits per heavy atom. The van der Waals surface area contributed by atoms with Crippen LogP contribution in [0.4, 0.5) is 0 Å². The van der Waals surface area contributed by atoms with Gasteiger partial charge in [-0.2, -0.15) is 0 Å². The Hall–Kier alpha value is -4.22. The van der Waals surface area contributed by atoms with E-state index in [2.05, 4.69) is 69.8 Å². The van der Waals surface area contributed by atoms with Crippen LogP contribution in [0.3, 0.4) is 0 Å². The number of methoxy groups -OCH3 is 1. The molecule has 8 aliphatic rings. The van der Waals surface area contributed by atoms with Crippen LogP contribution in [0.2, 0.25) is 0 Å². The number of benzene rings is 3. The van der Waals surface area contributed by atoms with E-state index in [-0.39, 0.29) is 54.1 Å². The smallest absolute Gasteiger partial charge is 0.315 e. The fourth-order valence-electron chi connectivity index (χ4n) is 17.6. The Bertz CT molecular complexity index is 2790. The topological polar surface area (TPSA) is 167 Å². The monoisotopic (exact) mass is 1190 g/mol. The normalized spacial score (nSPS) is 41.0. The van der Waals surface area contributed by atoms with Crippen molar-refractivity contribution in [1.29, 1.82) is 0 Å². The van der Waals surface area contributed by atoms with Gasteiger partial charge in [0.05, 0.1) is 62.8 Å². The molecule has 3 aromatic rings. The van der Waals surface area contributed by atoms with Crippen molar-refractivity contribution in [2.75, 3.05) is 26.9 Å². The van der Waals surface area contributed by atoms with Crippen LogP contribution in [0.15, 0.2) is 108 Å². The predicted molar refractivity (Wildman–Crippen MR) is 327 cm³/mol. The summed E-state index contributed by atoms with van der Waals surface area (Å²) in [6.45, 7) is 22.1. The van der Waals surface area contributed by atoms with E-state index in [9.17, 15) is 5.53 Å². The predicted octanol–water partition coefficient (Wildman–Crippen LogP) is 14.3. The second kappa shape index (κ2) is 27.1. The van der Waals surface area contributed by atoms with Crippen LogP contribution in [0.25, 0.3) is 10.4 Å². The molecule has 0 amide bonds. The highest BCUT2D eigenvalue weighted by molar-refractivity contribution is 5.79. The van der Waals surface area contributed by atoms with Gasteiger partial charge in [-0.15, -0.1) is 0 Å². The molecule has 86 heavy (non-hydrogen) atoms. The van der Waals surface area contributed by atoms with E-state index in [0.29, 0.717) is 43.7 Å². The largest absolute Gasteiger partial charge is 0.432 e. The van der Waals surface area contributed by atoms with Gasteiger partial charge in [-0.25, -0.2) is 0 Å². The number of ether oxygens (including phenoxy) is 11. The van der Waals surface area contributed by atoms with Crippen molar-refractivity contribution in [3.63, 3.8) is 0 Å². The van der Waals surface area contributed by atoms with Gasteiger partial charge in [-0.05, 0) is 152 Å². The van der Waals surface area contributed by atoms with E-state index in [0.717, 1.165) is 67.1 Å². The third-order valence-electron chi connectivity index (χ3n) is 22.7. The first kappa shape index (κ1) is 63.4. The van der Waals surface area contributed by atoms with Crippen LogP contribution in [0, 0.1) is 63.1 Å². The Labute approximate surface area is 512 Å². The van der Waals surface area contributed by atoms with Gasteiger partial charge in [0.2, 0.25) is 6.29 Å². The van der Waals surface area contributed by atoms with E-state index in [1.54, 1.807) is 7.11 Å². The molecule has 0 N–H and O–H groups in total. The van der Waals surface area contributed by atoms with Gasteiger partial charge in [0.15, 0.2) is 12.6 Å². The third kappa shape index (κ3) is 12.9. The summed E-state index contributed by atoms with van der Waals surface area (Å²) in [6, 6.07) is 29.4. The molecule has 3 saturated heterocycles. The molecule has 3 aliphatic heterocycles. The van der Waals surface area contributed by atoms with E-state index in [1.807, 2.05) is 99.6 Å². The molecule has 0 spiro atoms. The minimum Gasteiger partial charge on any atom is -0.432 e. The van der Waals surface area contributed by atoms with Gasteiger partial charge < -0.3 is 52.1 Å². The molecule has 3 aromatic carbocycles. The van der Waals surface area contributed by atoms with Gasteiger partial charge in [0.1, 0.15) is 30.5 Å². The minimum atomic E-state index is -1.22. The second-order valence-electron chi connectivity index (χ2n) is 28.5. The lowest BCUT2D eigenvalue weighted by Gasteiger charge is -2.65. The van der Waals surface area contributed by atoms with E-state index in [1.165, 1.54) is 37.7 Å². The number of carbonyl (C=O) groups is 1. The van der Waals surface area contributed by atoms with Crippen molar-refractivity contribution in [1.82, 2.24) is 0 Å². The maximum atomic E-state index is 16.0. The number of carbonyl (C=O) groups excluding carboxylic acids is 1. The van der Waals surface area contributed by atoms with E-state index in [4.69, 9.17) is 52.1 Å². The van der Waals surface area contributed by atoms with E-state index >= 15 is 4.79 Å². The molecule has 11 rings (SSSR count). The zero-order chi connectivity index (χ0) is 60.4. The molecule has 5 aliphatic carbocycles. The summed E-state index contributed by atoms with van der Waals surface area (Å²) in [5, 5.41) is 4.37. The standard InChI is InChI=1S/C71H99N3O12/c1-11-78-62-61(85-64-46(4)59(80-41-50-25-19-14-20-26-50)57(43-81-64)79-40-49-23-17-13-18-24-49)47(5)82-66(63(62)76-10)84-60-45(3)58(73-74-72)56(42-77-39-48-21-15-12-16-22-48)83-65(60)86-67(75)71-35-33-68(6,7)38-55(71)54-30-29-52-53(70(54,9)34-36-71)28-27-51-37-44(2)31-32-69(51,52)8/h12-26,30,44-47,51-53,55-66H,11,27-29,31-43H2,1-10H3/t44-,45?,46?,47+,51-,52?,53+,55?,56-,57?,58?,59?,60?,61?,62?,63?,64-,65-,66-,69?,70-,71?/m0/s1. The molecule has 0 bridgehead atoms. The number of fused-ring (bicyclic) bond motifs is 7. The summed E-state index contributed by atoms with van der Waals surface area (Å²) in [5.74, 6) is 1.78. The Balaban J connectivity index is 0.858. The molecule has 15 nitrogen and oxygen atoms in total. The quantitative estimate of drug-likeness (QED) is 0.0346. The molecule has 0 radical (unpaired) electrons. The average Bonchev–Trinajstić information content (AvgIpc) is 0.722. The Morgan fingerprint density at radius 2 is 1.35 bits per heavy atom. The number of hydrogen-bond acceptors (Lipinski definition) is 13. The number of allylic oxidation sites excluding steroid dienone is 2. The van der Waals surface area contributed by atoms with Crippen molar-refractivity contribution in [2.45, 2.75) is 227 Å². The molecular weight excluding hydrogens is 1090 g/mol. The van der Waals surface area contributed by atoms with Crippen molar-refractivity contribution in [2.24, 2.45) is 68.2 Å². The highest BCUT2D eigenvalue weighted by Crippen LogP contribution is 2.70. The molecule has 3 heterocycles. The lowest BCUT2D eigenvalue weighted by molar-refractivity contribution is -0.370. The first-order valence-corrected chi connectivity index (χ1v) is 32.8. The van der Waals surface area contributed by atoms with Gasteiger partial charge in [-0.3, -0.25) is 4.79 Å². The SMILES string of the molecule is CCOC1C(OC)[C@H](OC2C(C)C(N=[N+]=[N-])[C@H](COCc3ccccc3)O[C@H]2OC(=O)C23CCC(C)(C)CC2C2=CCC4[C@@H](CC[C@H]5C[C@@H](C)CCC45C)[C@]2(C)CC3)O[C@H](C)C1O[C@@H]1OCC(OCc2ccccc2)C(OCc2ccccc2)C1C. The molecular formula is C71H99N3O12. The first-order chi connectivity index (χ1) is 41.5. The van der Waals surface area contributed by atoms with Crippen molar-refractivity contribution in [3.05, 3.63) is 130 Å². The summed E-state index contributed by atoms with van der Waals surface area (Å²) in [6.07, 6.45) is 6.14. The van der Waals surface area contributed by atoms with E-state index < -0.39 is 72.9 Å². The maximum Gasteiger partial charge on any atom is 0.315 e. The summed E-state index contributed by atoms with van der Waals surface area (Å²) in [7, 11) is 1.61. The zero-order valence-corrected chi connectivity index (χ0v) is 53.0. The lowest BCUT2D eigenvalue weighted by atomic mass is 9.39. The number of rotatable bonds is 20. The minimum absolute atomic E-state index is 0.00818. The molecule has 4 saturated carbocycles. The average molecular weight is 1190 g/mol. The van der Waals surface area contributed by atoms with Gasteiger partial charge in [0, 0.05) is 24.5 Å². The van der Waals surface area contributed by atoms with Crippen molar-refractivity contribution < 1.29 is 56.9 Å². The summed E-state index contributed by atoms with van der Waals surface area (Å²) < 4.78 is 74.5. The Kier molecular flexibility index (Phi) is 20.0. The molecule has 13 unspecified atom stereocenters. The molecule has 0 aromatic heterocycles. The molecule has 22 atom stereocenters. The van der Waals surface area contributed by atoms with Gasteiger partial charge in [0.25, 0.3) is 0 Å². The summed E-state index contributed by atoms with van der Waals surface area (Å²) in [5.41, 5.74) is 14.4. The fourth-order valence-corrected chi connectivity index (χ4v) is 17.6. The van der Waals surface area contributed by atoms with Gasteiger partial charge >= 0.3 is 5.97 Å². The second-order valence-corrected chi connectivity index (χ2v) is 28.5. The first-order valence-electron chi connectivity index (χ1n) is 32.8. The molecule has 15 heteroatoms. The number of nitrogens with zero attached hydrogens (tertiary/aromatic N) is 3. The zero-order valence-electron chi connectivity index (χ0n) is 53.0. The molecule has 7 fully saturated rings. The highest BCUT2D eigenvalue weighted by Gasteiger charge is 2.65. The third-order valence-corrected chi connectivity index (χ3v) is 22.7. The highest BCUT2D eigenvalue weighted by atomic mass is 16.8. The van der Waals surface area contributed by atoms with Crippen LogP contribution < -0.4 is 0 Å². The van der Waals surface area contributed by atoms with Crippen LogP contribution in [-0.4, -0.2) is 107 Å². The van der Waals surface area contributed by atoms with Crippen LogP contribution in [0.5, 0.6) is 0 Å². The molecule has 470 valence electrons. The fraction of sp³-hybridized carbons (Fsp3) is 0.704. The summed E-state index contributed by atoms with van der Waals surface area (Å²) in [4.78, 5) is 19.4. The number of esters is 1. The summed E-state index contributed by atoms with van der Waals surface area (Å²) >= 11 is 0. The Morgan fingerprint density at radius 1 is 0.686 bits per heavy atom. The lowest BCUT2D eigenvalue weighted by Crippen LogP contribution is -2.64. The number of azide groups is 1.